The highest BCUT2D eigenvalue weighted by Gasteiger charge is 2.35. The number of carbonyl (C=O) groups is 3. The van der Waals surface area contributed by atoms with Gasteiger partial charge in [-0.2, -0.15) is 0 Å². The van der Waals surface area contributed by atoms with Crippen LogP contribution in [0.2, 0.25) is 0 Å². The van der Waals surface area contributed by atoms with Crippen LogP contribution < -0.4 is 5.73 Å². The first-order valence-corrected chi connectivity index (χ1v) is 6.46. The Balaban J connectivity index is 2.81. The van der Waals surface area contributed by atoms with Crippen molar-refractivity contribution in [2.45, 2.75) is 57.0 Å². The zero-order valence-electron chi connectivity index (χ0n) is 10.7. The van der Waals surface area contributed by atoms with E-state index >= 15 is 0 Å². The summed E-state index contributed by atoms with van der Waals surface area (Å²) in [4.78, 5) is 34.3. The second-order valence-electron chi connectivity index (χ2n) is 4.84. The summed E-state index contributed by atoms with van der Waals surface area (Å²) in [5.74, 6) is -1.85. The van der Waals surface area contributed by atoms with E-state index in [1.54, 1.807) is 0 Å². The van der Waals surface area contributed by atoms with Gasteiger partial charge in [-0.25, -0.2) is 9.59 Å². The fourth-order valence-electron chi connectivity index (χ4n) is 2.56. The molecule has 19 heavy (non-hydrogen) atoms. The first-order valence-electron chi connectivity index (χ1n) is 6.46. The van der Waals surface area contributed by atoms with Gasteiger partial charge in [0, 0.05) is 12.5 Å². The zero-order valence-corrected chi connectivity index (χ0v) is 10.7. The average molecular weight is 272 g/mol. The summed E-state index contributed by atoms with van der Waals surface area (Å²) in [7, 11) is 0. The molecule has 0 radical (unpaired) electrons. The van der Waals surface area contributed by atoms with Gasteiger partial charge in [0.25, 0.3) is 0 Å². The molecule has 2 amide bonds. The van der Waals surface area contributed by atoms with Crippen molar-refractivity contribution in [2.75, 3.05) is 0 Å². The lowest BCUT2D eigenvalue weighted by molar-refractivity contribution is -0.144. The van der Waals surface area contributed by atoms with E-state index in [2.05, 4.69) is 0 Å². The molecule has 0 bridgehead atoms. The van der Waals surface area contributed by atoms with Gasteiger partial charge in [0.2, 0.25) is 5.91 Å². The molecule has 1 saturated carbocycles. The van der Waals surface area contributed by atoms with Crippen LogP contribution in [0.5, 0.6) is 0 Å². The lowest BCUT2D eigenvalue weighted by Gasteiger charge is -2.36. The van der Waals surface area contributed by atoms with Crippen molar-refractivity contribution in [1.82, 2.24) is 4.90 Å². The SMILES string of the molecule is NC(=O)CC[C@@H](C(=O)O)N(C(=O)O)C1CCCCC1. The predicted molar refractivity (Wildman–Crippen MR) is 66.6 cm³/mol. The number of aliphatic carboxylic acids is 1. The second kappa shape index (κ2) is 6.96. The number of hydrogen-bond acceptors (Lipinski definition) is 3. The number of carboxylic acids is 1. The van der Waals surface area contributed by atoms with Gasteiger partial charge in [-0.1, -0.05) is 19.3 Å². The van der Waals surface area contributed by atoms with E-state index in [9.17, 15) is 24.6 Å². The van der Waals surface area contributed by atoms with Crippen molar-refractivity contribution in [3.8, 4) is 0 Å². The lowest BCUT2D eigenvalue weighted by Crippen LogP contribution is -2.51. The van der Waals surface area contributed by atoms with Gasteiger partial charge >= 0.3 is 12.1 Å². The van der Waals surface area contributed by atoms with Gasteiger partial charge in [0.05, 0.1) is 0 Å². The maximum absolute atomic E-state index is 11.3. The molecule has 0 aromatic carbocycles. The third kappa shape index (κ3) is 4.42. The summed E-state index contributed by atoms with van der Waals surface area (Å²) in [6.45, 7) is 0. The summed E-state index contributed by atoms with van der Waals surface area (Å²) >= 11 is 0. The van der Waals surface area contributed by atoms with Crippen LogP contribution in [-0.2, 0) is 9.59 Å². The third-order valence-corrected chi connectivity index (χ3v) is 3.47. The van der Waals surface area contributed by atoms with Crippen LogP contribution in [0.15, 0.2) is 0 Å². The molecule has 0 heterocycles. The molecule has 4 N–H and O–H groups in total. The number of primary amides is 1. The molecule has 1 aliphatic carbocycles. The highest BCUT2D eigenvalue weighted by atomic mass is 16.4. The largest absolute Gasteiger partial charge is 0.480 e. The Morgan fingerprint density at radius 1 is 1.16 bits per heavy atom. The van der Waals surface area contributed by atoms with Gasteiger partial charge in [-0.15, -0.1) is 0 Å². The molecule has 0 spiro atoms. The molecular weight excluding hydrogens is 252 g/mol. The minimum atomic E-state index is -1.25. The number of nitrogens with two attached hydrogens (primary N) is 1. The van der Waals surface area contributed by atoms with E-state index in [0.29, 0.717) is 12.8 Å². The van der Waals surface area contributed by atoms with Crippen molar-refractivity contribution >= 4 is 18.0 Å². The molecular formula is C12H20N2O5. The Morgan fingerprint density at radius 2 is 1.74 bits per heavy atom. The molecule has 7 nitrogen and oxygen atoms in total. The number of carbonyl (C=O) groups excluding carboxylic acids is 1. The lowest BCUT2D eigenvalue weighted by atomic mass is 9.92. The number of rotatable bonds is 6. The first-order chi connectivity index (χ1) is 8.93. The zero-order chi connectivity index (χ0) is 14.4. The molecule has 1 aliphatic rings. The Morgan fingerprint density at radius 3 is 2.16 bits per heavy atom. The monoisotopic (exact) mass is 272 g/mol. The van der Waals surface area contributed by atoms with Crippen molar-refractivity contribution in [3.05, 3.63) is 0 Å². The van der Waals surface area contributed by atoms with Crippen LogP contribution in [0, 0.1) is 0 Å². The van der Waals surface area contributed by atoms with Crippen molar-refractivity contribution < 1.29 is 24.6 Å². The smallest absolute Gasteiger partial charge is 0.408 e. The third-order valence-electron chi connectivity index (χ3n) is 3.47. The molecule has 0 aromatic heterocycles. The van der Waals surface area contributed by atoms with Crippen LogP contribution >= 0.6 is 0 Å². The number of amides is 2. The van der Waals surface area contributed by atoms with Crippen molar-refractivity contribution in [2.24, 2.45) is 5.73 Å². The van der Waals surface area contributed by atoms with Gasteiger partial charge in [0.15, 0.2) is 0 Å². The van der Waals surface area contributed by atoms with Gasteiger partial charge in [-0.05, 0) is 19.3 Å². The Hall–Kier alpha value is -1.79. The summed E-state index contributed by atoms with van der Waals surface area (Å²) in [5.41, 5.74) is 5.00. The maximum atomic E-state index is 11.3. The highest BCUT2D eigenvalue weighted by Crippen LogP contribution is 2.25. The standard InChI is InChI=1S/C12H20N2O5/c13-10(15)7-6-9(11(16)17)14(12(18)19)8-4-2-1-3-5-8/h8-9H,1-7H2,(H2,13,15)(H,16,17)(H,18,19)/t9-/m0/s1. The molecule has 0 aliphatic heterocycles. The normalized spacial score (nSPS) is 17.7. The predicted octanol–water partition coefficient (Wildman–Crippen LogP) is 1.02. The number of hydrogen-bond donors (Lipinski definition) is 3. The number of carboxylic acid groups (broad SMARTS) is 2. The molecule has 7 heteroatoms. The molecule has 0 aromatic rings. The van der Waals surface area contributed by atoms with Crippen LogP contribution in [0.25, 0.3) is 0 Å². The maximum Gasteiger partial charge on any atom is 0.408 e. The average Bonchev–Trinajstić information content (AvgIpc) is 2.34. The van der Waals surface area contributed by atoms with E-state index in [0.717, 1.165) is 24.2 Å². The van der Waals surface area contributed by atoms with E-state index in [1.807, 2.05) is 0 Å². The molecule has 1 fully saturated rings. The topological polar surface area (TPSA) is 121 Å². The van der Waals surface area contributed by atoms with Crippen LogP contribution in [0.3, 0.4) is 0 Å². The minimum absolute atomic E-state index is 0.0759. The Bertz CT molecular complexity index is 352. The molecule has 0 unspecified atom stereocenters. The summed E-state index contributed by atoms with van der Waals surface area (Å²) in [6, 6.07) is -1.48. The number of nitrogens with zero attached hydrogens (tertiary/aromatic N) is 1. The fourth-order valence-corrected chi connectivity index (χ4v) is 2.56. The van der Waals surface area contributed by atoms with E-state index in [-0.39, 0.29) is 18.9 Å². The molecule has 1 rings (SSSR count). The summed E-state index contributed by atoms with van der Waals surface area (Å²) in [6.07, 6.45) is 2.74. The minimum Gasteiger partial charge on any atom is -0.480 e. The highest BCUT2D eigenvalue weighted by molar-refractivity contribution is 5.81. The van der Waals surface area contributed by atoms with Crippen LogP contribution in [0.1, 0.15) is 44.9 Å². The van der Waals surface area contributed by atoms with E-state index in [4.69, 9.17) is 5.73 Å². The fraction of sp³-hybridized carbons (Fsp3) is 0.750. The van der Waals surface area contributed by atoms with E-state index in [1.165, 1.54) is 0 Å². The van der Waals surface area contributed by atoms with Crippen molar-refractivity contribution in [3.63, 3.8) is 0 Å². The first kappa shape index (κ1) is 15.3. The Kier molecular flexibility index (Phi) is 5.59. The molecule has 108 valence electrons. The van der Waals surface area contributed by atoms with Gasteiger partial charge < -0.3 is 15.9 Å². The van der Waals surface area contributed by atoms with Crippen LogP contribution in [0.4, 0.5) is 4.79 Å². The van der Waals surface area contributed by atoms with Crippen molar-refractivity contribution in [1.29, 1.82) is 0 Å². The van der Waals surface area contributed by atoms with Crippen LogP contribution in [-0.4, -0.2) is 45.2 Å². The van der Waals surface area contributed by atoms with Gasteiger partial charge in [0.1, 0.15) is 6.04 Å². The van der Waals surface area contributed by atoms with E-state index < -0.39 is 24.0 Å². The van der Waals surface area contributed by atoms with Gasteiger partial charge in [-0.3, -0.25) is 9.69 Å². The quantitative estimate of drug-likeness (QED) is 0.666. The molecule has 1 atom stereocenters. The summed E-state index contributed by atoms with van der Waals surface area (Å²) in [5, 5.41) is 18.4. The second-order valence-corrected chi connectivity index (χ2v) is 4.84. The Labute approximate surface area is 111 Å². The molecule has 0 saturated heterocycles. The summed E-state index contributed by atoms with van der Waals surface area (Å²) < 4.78 is 0.